The molecule has 3 nitrogen and oxygen atoms in total. The van der Waals surface area contributed by atoms with Gasteiger partial charge in [0.1, 0.15) is 5.54 Å². The molecule has 0 aromatic rings. The van der Waals surface area contributed by atoms with Gasteiger partial charge >= 0.3 is 5.97 Å². The van der Waals surface area contributed by atoms with Crippen LogP contribution in [0, 0.1) is 0 Å². The van der Waals surface area contributed by atoms with Gasteiger partial charge in [-0.2, -0.15) is 0 Å². The van der Waals surface area contributed by atoms with E-state index in [4.69, 9.17) is 5.11 Å². The van der Waals surface area contributed by atoms with Crippen molar-refractivity contribution in [1.29, 1.82) is 0 Å². The zero-order chi connectivity index (χ0) is 10.0. The first-order valence-electron chi connectivity index (χ1n) is 5.74. The quantitative estimate of drug-likeness (QED) is 0.726. The number of aliphatic carboxylic acids is 1. The average Bonchev–Trinajstić information content (AvgIpc) is 2.12. The van der Waals surface area contributed by atoms with Gasteiger partial charge in [-0.1, -0.05) is 19.3 Å². The van der Waals surface area contributed by atoms with Gasteiger partial charge in [0.15, 0.2) is 0 Å². The lowest BCUT2D eigenvalue weighted by Crippen LogP contribution is -2.60. The molecule has 0 atom stereocenters. The van der Waals surface area contributed by atoms with Crippen molar-refractivity contribution in [2.75, 3.05) is 0 Å². The number of carbonyl (C=O) groups is 1. The van der Waals surface area contributed by atoms with Crippen LogP contribution in [0.25, 0.3) is 0 Å². The van der Waals surface area contributed by atoms with Crippen LogP contribution in [-0.2, 0) is 4.79 Å². The standard InChI is InChI=1S/C11H19NO2/c13-10(14)11(7-4-8-11)12-9-5-2-1-3-6-9/h9,12H,1-8H2,(H,13,14). The van der Waals surface area contributed by atoms with E-state index >= 15 is 0 Å². The van der Waals surface area contributed by atoms with Gasteiger partial charge < -0.3 is 5.11 Å². The van der Waals surface area contributed by atoms with E-state index in [-0.39, 0.29) is 0 Å². The molecular formula is C11H19NO2. The highest BCUT2D eigenvalue weighted by atomic mass is 16.4. The van der Waals surface area contributed by atoms with E-state index in [0.717, 1.165) is 32.1 Å². The second kappa shape index (κ2) is 3.89. The molecule has 0 aromatic carbocycles. The Morgan fingerprint density at radius 1 is 1.14 bits per heavy atom. The fraction of sp³-hybridized carbons (Fsp3) is 0.909. The lowest BCUT2D eigenvalue weighted by molar-refractivity contribution is -0.149. The maximum atomic E-state index is 11.1. The Hall–Kier alpha value is -0.570. The second-order valence-electron chi connectivity index (χ2n) is 4.72. The Bertz CT molecular complexity index is 217. The van der Waals surface area contributed by atoms with Crippen LogP contribution in [0.4, 0.5) is 0 Å². The van der Waals surface area contributed by atoms with Crippen molar-refractivity contribution in [2.45, 2.75) is 62.9 Å². The Kier molecular flexibility index (Phi) is 2.77. The van der Waals surface area contributed by atoms with Crippen LogP contribution in [0.15, 0.2) is 0 Å². The molecule has 2 aliphatic carbocycles. The highest BCUT2D eigenvalue weighted by Crippen LogP contribution is 2.34. The SMILES string of the molecule is O=C(O)C1(NC2CCCCC2)CCC1. The molecule has 0 unspecified atom stereocenters. The van der Waals surface area contributed by atoms with E-state index in [9.17, 15) is 4.79 Å². The summed E-state index contributed by atoms with van der Waals surface area (Å²) in [6, 6.07) is 0.458. The minimum absolute atomic E-state index is 0.458. The summed E-state index contributed by atoms with van der Waals surface area (Å²) in [4.78, 5) is 11.1. The smallest absolute Gasteiger partial charge is 0.323 e. The first-order valence-corrected chi connectivity index (χ1v) is 5.74. The number of carboxylic acids is 1. The molecule has 0 bridgehead atoms. The molecule has 2 N–H and O–H groups in total. The van der Waals surface area contributed by atoms with Crippen molar-refractivity contribution in [2.24, 2.45) is 0 Å². The maximum Gasteiger partial charge on any atom is 0.323 e. The summed E-state index contributed by atoms with van der Waals surface area (Å²) in [6.07, 6.45) is 8.85. The molecule has 0 amide bonds. The summed E-state index contributed by atoms with van der Waals surface area (Å²) < 4.78 is 0. The summed E-state index contributed by atoms with van der Waals surface area (Å²) >= 11 is 0. The van der Waals surface area contributed by atoms with Crippen LogP contribution >= 0.6 is 0 Å². The molecule has 0 spiro atoms. The molecule has 0 heterocycles. The Labute approximate surface area is 84.9 Å². The summed E-state index contributed by atoms with van der Waals surface area (Å²) in [6.45, 7) is 0. The lowest BCUT2D eigenvalue weighted by atomic mass is 9.75. The predicted molar refractivity (Wildman–Crippen MR) is 54.2 cm³/mol. The Morgan fingerprint density at radius 3 is 2.21 bits per heavy atom. The van der Waals surface area contributed by atoms with Gasteiger partial charge in [-0.05, 0) is 32.1 Å². The van der Waals surface area contributed by atoms with Crippen molar-refractivity contribution < 1.29 is 9.90 Å². The molecule has 0 radical (unpaired) electrons. The first kappa shape index (κ1) is 9.97. The van der Waals surface area contributed by atoms with Crippen LogP contribution in [0.2, 0.25) is 0 Å². The van der Waals surface area contributed by atoms with Gasteiger partial charge in [0.2, 0.25) is 0 Å². The highest BCUT2D eigenvalue weighted by Gasteiger charge is 2.45. The molecule has 14 heavy (non-hydrogen) atoms. The molecule has 0 saturated heterocycles. The van der Waals surface area contributed by atoms with Crippen LogP contribution < -0.4 is 5.32 Å². The van der Waals surface area contributed by atoms with Gasteiger partial charge in [-0.25, -0.2) is 0 Å². The molecule has 2 aliphatic rings. The van der Waals surface area contributed by atoms with Crippen LogP contribution in [0.5, 0.6) is 0 Å². The lowest BCUT2D eigenvalue weighted by Gasteiger charge is -2.42. The highest BCUT2D eigenvalue weighted by molar-refractivity contribution is 5.80. The van der Waals surface area contributed by atoms with Gasteiger partial charge in [0, 0.05) is 6.04 Å². The fourth-order valence-electron chi connectivity index (χ4n) is 2.59. The summed E-state index contributed by atoms with van der Waals surface area (Å²) in [7, 11) is 0. The molecule has 80 valence electrons. The van der Waals surface area contributed by atoms with Crippen molar-refractivity contribution in [1.82, 2.24) is 5.32 Å². The molecule has 0 aliphatic heterocycles. The zero-order valence-electron chi connectivity index (χ0n) is 8.59. The molecule has 2 saturated carbocycles. The van der Waals surface area contributed by atoms with Crippen molar-refractivity contribution in [3.8, 4) is 0 Å². The minimum atomic E-state index is -0.644. The predicted octanol–water partition coefficient (Wildman–Crippen LogP) is 1.92. The zero-order valence-corrected chi connectivity index (χ0v) is 8.59. The van der Waals surface area contributed by atoms with E-state index in [0.29, 0.717) is 6.04 Å². The number of rotatable bonds is 3. The molecule has 0 aromatic heterocycles. The van der Waals surface area contributed by atoms with Crippen molar-refractivity contribution in [3.63, 3.8) is 0 Å². The third kappa shape index (κ3) is 1.78. The van der Waals surface area contributed by atoms with Crippen LogP contribution in [-0.4, -0.2) is 22.7 Å². The van der Waals surface area contributed by atoms with E-state index in [1.165, 1.54) is 19.3 Å². The summed E-state index contributed by atoms with van der Waals surface area (Å²) in [5.74, 6) is -0.644. The summed E-state index contributed by atoms with van der Waals surface area (Å²) in [5.41, 5.74) is -0.554. The third-order valence-corrected chi connectivity index (χ3v) is 3.70. The minimum Gasteiger partial charge on any atom is -0.480 e. The van der Waals surface area contributed by atoms with Gasteiger partial charge in [0.25, 0.3) is 0 Å². The number of nitrogens with one attached hydrogen (secondary N) is 1. The maximum absolute atomic E-state index is 11.1. The molecule has 2 rings (SSSR count). The number of hydrogen-bond donors (Lipinski definition) is 2. The topological polar surface area (TPSA) is 49.3 Å². The monoisotopic (exact) mass is 197 g/mol. The molecule has 3 heteroatoms. The second-order valence-corrected chi connectivity index (χ2v) is 4.72. The average molecular weight is 197 g/mol. The van der Waals surface area contributed by atoms with E-state index < -0.39 is 11.5 Å². The van der Waals surface area contributed by atoms with Gasteiger partial charge in [-0.3, -0.25) is 10.1 Å². The van der Waals surface area contributed by atoms with Crippen LogP contribution in [0.1, 0.15) is 51.4 Å². The normalized spacial score (nSPS) is 26.9. The Morgan fingerprint density at radius 2 is 1.79 bits per heavy atom. The Balaban J connectivity index is 1.90. The first-order chi connectivity index (χ1) is 6.73. The largest absolute Gasteiger partial charge is 0.480 e. The molecule has 2 fully saturated rings. The third-order valence-electron chi connectivity index (χ3n) is 3.70. The summed E-state index contributed by atoms with van der Waals surface area (Å²) in [5, 5.41) is 12.5. The van der Waals surface area contributed by atoms with E-state index in [1.54, 1.807) is 0 Å². The van der Waals surface area contributed by atoms with Crippen molar-refractivity contribution in [3.05, 3.63) is 0 Å². The van der Waals surface area contributed by atoms with Crippen molar-refractivity contribution >= 4 is 5.97 Å². The molecular weight excluding hydrogens is 178 g/mol. The number of carboxylic acid groups (broad SMARTS) is 1. The van der Waals surface area contributed by atoms with Gasteiger partial charge in [0.05, 0.1) is 0 Å². The fourth-order valence-corrected chi connectivity index (χ4v) is 2.59. The van der Waals surface area contributed by atoms with Crippen LogP contribution in [0.3, 0.4) is 0 Å². The van der Waals surface area contributed by atoms with E-state index in [1.807, 2.05) is 0 Å². The number of hydrogen-bond acceptors (Lipinski definition) is 2. The van der Waals surface area contributed by atoms with Gasteiger partial charge in [-0.15, -0.1) is 0 Å². The van der Waals surface area contributed by atoms with E-state index in [2.05, 4.69) is 5.32 Å².